The molecule has 3 aromatic rings. The van der Waals surface area contributed by atoms with Gasteiger partial charge in [0.15, 0.2) is 5.78 Å². The summed E-state index contributed by atoms with van der Waals surface area (Å²) in [6.07, 6.45) is -0.822. The summed E-state index contributed by atoms with van der Waals surface area (Å²) in [4.78, 5) is 24.0. The SMILES string of the molecule is CC(=O)c1ccc(NC(=O)O[C@H](c2ccc(O)c3ccccc23)[C@H](C)CCO)cc1. The molecule has 0 spiro atoms. The molecule has 6 nitrogen and oxygen atoms in total. The maximum atomic E-state index is 12.6. The summed E-state index contributed by atoms with van der Waals surface area (Å²) in [6, 6.07) is 17.2. The zero-order valence-corrected chi connectivity index (χ0v) is 17.0. The monoisotopic (exact) mass is 407 g/mol. The number of rotatable bonds is 7. The number of phenols is 1. The van der Waals surface area contributed by atoms with E-state index in [4.69, 9.17) is 4.74 Å². The van der Waals surface area contributed by atoms with E-state index in [9.17, 15) is 19.8 Å². The van der Waals surface area contributed by atoms with E-state index < -0.39 is 12.2 Å². The molecule has 30 heavy (non-hydrogen) atoms. The first kappa shape index (κ1) is 21.3. The van der Waals surface area contributed by atoms with Crippen molar-refractivity contribution < 1.29 is 24.5 Å². The molecule has 0 saturated heterocycles. The highest BCUT2D eigenvalue weighted by Gasteiger charge is 2.26. The first-order valence-electron chi connectivity index (χ1n) is 9.80. The number of amides is 1. The van der Waals surface area contributed by atoms with Gasteiger partial charge in [-0.25, -0.2) is 4.79 Å². The number of carbonyl (C=O) groups excluding carboxylic acids is 2. The molecule has 6 heteroatoms. The summed E-state index contributed by atoms with van der Waals surface area (Å²) in [5.41, 5.74) is 1.82. The number of aliphatic hydroxyl groups is 1. The Hall–Kier alpha value is -3.38. The van der Waals surface area contributed by atoms with Crippen molar-refractivity contribution >= 4 is 28.3 Å². The third-order valence-corrected chi connectivity index (χ3v) is 5.11. The van der Waals surface area contributed by atoms with Crippen LogP contribution in [0.15, 0.2) is 60.7 Å². The molecule has 2 atom stereocenters. The number of hydrogen-bond acceptors (Lipinski definition) is 5. The minimum absolute atomic E-state index is 0.0365. The van der Waals surface area contributed by atoms with Crippen LogP contribution in [0.25, 0.3) is 10.8 Å². The molecule has 0 fully saturated rings. The Morgan fingerprint density at radius 2 is 1.67 bits per heavy atom. The topological polar surface area (TPSA) is 95.9 Å². The summed E-state index contributed by atoms with van der Waals surface area (Å²) in [7, 11) is 0. The first-order valence-corrected chi connectivity index (χ1v) is 9.80. The fourth-order valence-electron chi connectivity index (χ4n) is 3.45. The molecular formula is C24H25NO5. The molecule has 0 radical (unpaired) electrons. The number of ether oxygens (including phenoxy) is 1. The molecule has 0 aliphatic heterocycles. The minimum Gasteiger partial charge on any atom is -0.507 e. The van der Waals surface area contributed by atoms with E-state index in [1.165, 1.54) is 6.92 Å². The average Bonchev–Trinajstić information content (AvgIpc) is 2.73. The van der Waals surface area contributed by atoms with Gasteiger partial charge in [-0.05, 0) is 55.0 Å². The number of phenolic OH excluding ortho intramolecular Hbond substituents is 1. The standard InChI is InChI=1S/C24H25NO5/c1-15(13-14-26)23(21-11-12-22(28)20-6-4-3-5-19(20)21)30-24(29)25-18-9-7-17(8-10-18)16(2)27/h3-12,15,23,26,28H,13-14H2,1-2H3,(H,25,29)/t15-,23+/m1/s1. The fraction of sp³-hybridized carbons (Fsp3) is 0.250. The lowest BCUT2D eigenvalue weighted by Crippen LogP contribution is -2.22. The van der Waals surface area contributed by atoms with Crippen LogP contribution in [0.2, 0.25) is 0 Å². The third kappa shape index (κ3) is 4.78. The predicted molar refractivity (Wildman–Crippen MR) is 116 cm³/mol. The van der Waals surface area contributed by atoms with Crippen LogP contribution in [0.1, 0.15) is 42.3 Å². The van der Waals surface area contributed by atoms with Gasteiger partial charge in [-0.15, -0.1) is 0 Å². The Bertz CT molecular complexity index is 1050. The summed E-state index contributed by atoms with van der Waals surface area (Å²) in [6.45, 7) is 3.34. The van der Waals surface area contributed by atoms with E-state index in [0.29, 0.717) is 23.1 Å². The number of Topliss-reactive ketones (excluding diaryl/α,β-unsaturated/α-hetero) is 1. The van der Waals surface area contributed by atoms with Crippen LogP contribution >= 0.6 is 0 Å². The molecule has 156 valence electrons. The number of ketones is 1. The maximum absolute atomic E-state index is 12.6. The van der Waals surface area contributed by atoms with Crippen molar-refractivity contribution in [3.05, 3.63) is 71.8 Å². The highest BCUT2D eigenvalue weighted by atomic mass is 16.6. The highest BCUT2D eigenvalue weighted by Crippen LogP contribution is 2.36. The lowest BCUT2D eigenvalue weighted by molar-refractivity contribution is 0.0676. The summed E-state index contributed by atoms with van der Waals surface area (Å²) >= 11 is 0. The molecule has 0 aliphatic rings. The molecule has 3 rings (SSSR count). The van der Waals surface area contributed by atoms with Crippen LogP contribution in [0.5, 0.6) is 5.75 Å². The van der Waals surface area contributed by atoms with Crippen LogP contribution in [0.3, 0.4) is 0 Å². The minimum atomic E-state index is -0.641. The van der Waals surface area contributed by atoms with Crippen LogP contribution in [0, 0.1) is 5.92 Å². The highest BCUT2D eigenvalue weighted by molar-refractivity contribution is 5.95. The van der Waals surface area contributed by atoms with Gasteiger partial charge in [0.05, 0.1) is 0 Å². The number of anilines is 1. The molecule has 0 aliphatic carbocycles. The quantitative estimate of drug-likeness (QED) is 0.476. The summed E-state index contributed by atoms with van der Waals surface area (Å²) in [5.74, 6) is -0.0621. The first-order chi connectivity index (χ1) is 14.4. The van der Waals surface area contributed by atoms with E-state index in [1.807, 2.05) is 25.1 Å². The fourth-order valence-corrected chi connectivity index (χ4v) is 3.45. The van der Waals surface area contributed by atoms with Crippen molar-refractivity contribution in [1.29, 1.82) is 0 Å². The largest absolute Gasteiger partial charge is 0.507 e. The Morgan fingerprint density at radius 1 is 1.00 bits per heavy atom. The van der Waals surface area contributed by atoms with E-state index >= 15 is 0 Å². The number of hydrogen-bond donors (Lipinski definition) is 3. The lowest BCUT2D eigenvalue weighted by Gasteiger charge is -2.25. The predicted octanol–water partition coefficient (Wildman–Crippen LogP) is 5.06. The van der Waals surface area contributed by atoms with Gasteiger partial charge < -0.3 is 14.9 Å². The average molecular weight is 407 g/mol. The Morgan fingerprint density at radius 3 is 2.30 bits per heavy atom. The second kappa shape index (κ2) is 9.41. The smallest absolute Gasteiger partial charge is 0.412 e. The Kier molecular flexibility index (Phi) is 6.69. The van der Waals surface area contributed by atoms with Gasteiger partial charge in [-0.3, -0.25) is 10.1 Å². The molecule has 0 bridgehead atoms. The van der Waals surface area contributed by atoms with Crippen LogP contribution < -0.4 is 5.32 Å². The molecule has 0 aromatic heterocycles. The van der Waals surface area contributed by atoms with Crippen molar-refractivity contribution in [2.24, 2.45) is 5.92 Å². The van der Waals surface area contributed by atoms with Crippen molar-refractivity contribution in [2.75, 3.05) is 11.9 Å². The van der Waals surface area contributed by atoms with Crippen molar-refractivity contribution in [1.82, 2.24) is 0 Å². The molecule has 3 aromatic carbocycles. The van der Waals surface area contributed by atoms with E-state index in [-0.39, 0.29) is 24.1 Å². The van der Waals surface area contributed by atoms with Crippen molar-refractivity contribution in [2.45, 2.75) is 26.4 Å². The maximum Gasteiger partial charge on any atom is 0.412 e. The normalized spacial score (nSPS) is 12.9. The summed E-state index contributed by atoms with van der Waals surface area (Å²) < 4.78 is 5.77. The number of fused-ring (bicyclic) bond motifs is 1. The van der Waals surface area contributed by atoms with Gasteiger partial charge in [-0.2, -0.15) is 0 Å². The lowest BCUT2D eigenvalue weighted by atomic mass is 9.91. The van der Waals surface area contributed by atoms with Crippen molar-refractivity contribution in [3.63, 3.8) is 0 Å². The van der Waals surface area contributed by atoms with Crippen LogP contribution in [-0.4, -0.2) is 28.7 Å². The Labute approximate surface area is 175 Å². The number of benzene rings is 3. The summed E-state index contributed by atoms with van der Waals surface area (Å²) in [5, 5.41) is 23.7. The van der Waals surface area contributed by atoms with Gasteiger partial charge in [-0.1, -0.05) is 37.3 Å². The molecule has 0 heterocycles. The van der Waals surface area contributed by atoms with E-state index in [2.05, 4.69) is 5.32 Å². The Balaban J connectivity index is 1.87. The third-order valence-electron chi connectivity index (χ3n) is 5.11. The number of aliphatic hydroxyl groups excluding tert-OH is 1. The van der Waals surface area contributed by atoms with Gasteiger partial charge >= 0.3 is 6.09 Å². The molecule has 0 unspecified atom stereocenters. The number of nitrogens with one attached hydrogen (secondary N) is 1. The van der Waals surface area contributed by atoms with Crippen LogP contribution in [0.4, 0.5) is 10.5 Å². The second-order valence-corrected chi connectivity index (χ2v) is 7.29. The van der Waals surface area contributed by atoms with Gasteiger partial charge in [0.25, 0.3) is 0 Å². The molecular weight excluding hydrogens is 382 g/mol. The zero-order chi connectivity index (χ0) is 21.7. The number of carbonyl (C=O) groups is 2. The van der Waals surface area contributed by atoms with Gasteiger partial charge in [0.1, 0.15) is 11.9 Å². The second-order valence-electron chi connectivity index (χ2n) is 7.29. The van der Waals surface area contributed by atoms with Crippen molar-refractivity contribution in [3.8, 4) is 5.75 Å². The van der Waals surface area contributed by atoms with E-state index in [0.717, 1.165) is 10.9 Å². The van der Waals surface area contributed by atoms with Crippen LogP contribution in [-0.2, 0) is 4.74 Å². The number of aromatic hydroxyl groups is 1. The molecule has 1 amide bonds. The van der Waals surface area contributed by atoms with Gasteiger partial charge in [0.2, 0.25) is 0 Å². The van der Waals surface area contributed by atoms with Gasteiger partial charge in [0, 0.05) is 28.8 Å². The van der Waals surface area contributed by atoms with E-state index in [1.54, 1.807) is 42.5 Å². The zero-order valence-electron chi connectivity index (χ0n) is 17.0. The molecule has 0 saturated carbocycles. The molecule has 3 N–H and O–H groups in total.